The number of carboxylic acids is 1. The van der Waals surface area contributed by atoms with Gasteiger partial charge in [-0.2, -0.15) is 0 Å². The van der Waals surface area contributed by atoms with Crippen LogP contribution >= 0.6 is 0 Å². The number of aromatic nitrogens is 1. The van der Waals surface area contributed by atoms with Crippen molar-refractivity contribution < 1.29 is 14.3 Å². The van der Waals surface area contributed by atoms with Crippen molar-refractivity contribution in [1.29, 1.82) is 0 Å². The van der Waals surface area contributed by atoms with E-state index >= 15 is 0 Å². The topological polar surface area (TPSA) is 62.2 Å². The quantitative estimate of drug-likeness (QED) is 0.855. The highest BCUT2D eigenvalue weighted by Crippen LogP contribution is 2.23. The lowest BCUT2D eigenvalue weighted by atomic mass is 10.1. The second kappa shape index (κ2) is 4.37. The van der Waals surface area contributed by atoms with Crippen molar-refractivity contribution in [2.24, 2.45) is 0 Å². The first kappa shape index (κ1) is 11.3. The molecule has 0 aliphatic rings. The predicted molar refractivity (Wildman–Crippen MR) is 62.4 cm³/mol. The zero-order valence-corrected chi connectivity index (χ0v) is 9.14. The highest BCUT2D eigenvalue weighted by molar-refractivity contribution is 5.92. The summed E-state index contributed by atoms with van der Waals surface area (Å²) in [4.78, 5) is 14.7. The SMILES string of the molecule is CC(Nc1ccnc2c(F)cccc12)C(=O)O. The summed E-state index contributed by atoms with van der Waals surface area (Å²) < 4.78 is 13.5. The molecule has 1 unspecified atom stereocenters. The van der Waals surface area contributed by atoms with Gasteiger partial charge >= 0.3 is 5.97 Å². The van der Waals surface area contributed by atoms with Crippen molar-refractivity contribution in [1.82, 2.24) is 4.98 Å². The Balaban J connectivity index is 2.48. The van der Waals surface area contributed by atoms with Gasteiger partial charge in [-0.25, -0.2) is 4.39 Å². The maximum absolute atomic E-state index is 13.5. The van der Waals surface area contributed by atoms with Gasteiger partial charge in [0.05, 0.1) is 0 Å². The molecule has 2 rings (SSSR count). The summed E-state index contributed by atoms with van der Waals surface area (Å²) in [6, 6.07) is 5.46. The molecule has 1 atom stereocenters. The van der Waals surface area contributed by atoms with Crippen LogP contribution in [0.2, 0.25) is 0 Å². The second-order valence-electron chi connectivity index (χ2n) is 3.70. The van der Waals surface area contributed by atoms with Crippen molar-refractivity contribution in [3.63, 3.8) is 0 Å². The molecule has 0 spiro atoms. The van der Waals surface area contributed by atoms with E-state index in [0.29, 0.717) is 11.1 Å². The fraction of sp³-hybridized carbons (Fsp3) is 0.167. The van der Waals surface area contributed by atoms with Crippen molar-refractivity contribution in [3.8, 4) is 0 Å². The van der Waals surface area contributed by atoms with Crippen LogP contribution in [0.25, 0.3) is 10.9 Å². The molecule has 0 radical (unpaired) electrons. The van der Waals surface area contributed by atoms with Gasteiger partial charge in [0.15, 0.2) is 0 Å². The molecule has 0 aliphatic heterocycles. The Labute approximate surface area is 97.1 Å². The summed E-state index contributed by atoms with van der Waals surface area (Å²) in [5, 5.41) is 12.2. The van der Waals surface area contributed by atoms with Gasteiger partial charge in [0.2, 0.25) is 0 Å². The van der Waals surface area contributed by atoms with E-state index in [2.05, 4.69) is 10.3 Å². The van der Waals surface area contributed by atoms with E-state index in [1.807, 2.05) is 0 Å². The number of hydrogen-bond acceptors (Lipinski definition) is 3. The van der Waals surface area contributed by atoms with E-state index < -0.39 is 17.8 Å². The van der Waals surface area contributed by atoms with Crippen molar-refractivity contribution in [3.05, 3.63) is 36.3 Å². The molecule has 2 N–H and O–H groups in total. The molecule has 5 heteroatoms. The van der Waals surface area contributed by atoms with Gasteiger partial charge in [-0.05, 0) is 19.1 Å². The molecule has 0 aliphatic carbocycles. The molecule has 0 amide bonds. The number of pyridine rings is 1. The number of nitrogens with zero attached hydrogens (tertiary/aromatic N) is 1. The van der Waals surface area contributed by atoms with Crippen LogP contribution in [0.5, 0.6) is 0 Å². The number of benzene rings is 1. The first-order valence-electron chi connectivity index (χ1n) is 5.12. The summed E-state index contributed by atoms with van der Waals surface area (Å²) in [6.45, 7) is 1.52. The zero-order chi connectivity index (χ0) is 12.4. The summed E-state index contributed by atoms with van der Waals surface area (Å²) in [7, 11) is 0. The number of fused-ring (bicyclic) bond motifs is 1. The minimum Gasteiger partial charge on any atom is -0.480 e. The number of carbonyl (C=O) groups is 1. The first-order valence-corrected chi connectivity index (χ1v) is 5.12. The number of anilines is 1. The van der Waals surface area contributed by atoms with Gasteiger partial charge in [-0.15, -0.1) is 0 Å². The number of para-hydroxylation sites is 1. The van der Waals surface area contributed by atoms with Crippen LogP contribution in [0.3, 0.4) is 0 Å². The molecular formula is C12H11FN2O2. The Morgan fingerprint density at radius 1 is 1.47 bits per heavy atom. The first-order chi connectivity index (χ1) is 8.09. The van der Waals surface area contributed by atoms with Gasteiger partial charge in [0.25, 0.3) is 0 Å². The molecule has 0 fully saturated rings. The number of hydrogen-bond donors (Lipinski definition) is 2. The fourth-order valence-corrected chi connectivity index (χ4v) is 1.56. The van der Waals surface area contributed by atoms with Gasteiger partial charge in [-0.3, -0.25) is 9.78 Å². The molecule has 1 heterocycles. The number of nitrogens with one attached hydrogen (secondary N) is 1. The third-order valence-electron chi connectivity index (χ3n) is 2.46. The van der Waals surface area contributed by atoms with Crippen molar-refractivity contribution in [2.45, 2.75) is 13.0 Å². The minimum absolute atomic E-state index is 0.232. The number of carboxylic acid groups (broad SMARTS) is 1. The Bertz CT molecular complexity index is 571. The number of halogens is 1. The molecule has 0 saturated carbocycles. The Morgan fingerprint density at radius 2 is 2.24 bits per heavy atom. The van der Waals surface area contributed by atoms with Crippen LogP contribution < -0.4 is 5.32 Å². The highest BCUT2D eigenvalue weighted by Gasteiger charge is 2.12. The Hall–Kier alpha value is -2.17. The van der Waals surface area contributed by atoms with Crippen LogP contribution in [0.1, 0.15) is 6.92 Å². The Kier molecular flexibility index (Phi) is 2.91. The highest BCUT2D eigenvalue weighted by atomic mass is 19.1. The van der Waals surface area contributed by atoms with Crippen LogP contribution in [0.4, 0.5) is 10.1 Å². The average Bonchev–Trinajstić information content (AvgIpc) is 2.30. The third kappa shape index (κ3) is 2.18. The van der Waals surface area contributed by atoms with Crippen molar-refractivity contribution >= 4 is 22.6 Å². The lowest BCUT2D eigenvalue weighted by Gasteiger charge is -2.12. The van der Waals surface area contributed by atoms with E-state index in [1.54, 1.807) is 18.2 Å². The lowest BCUT2D eigenvalue weighted by molar-refractivity contribution is -0.137. The van der Waals surface area contributed by atoms with E-state index in [1.165, 1.54) is 19.2 Å². The minimum atomic E-state index is -0.966. The van der Waals surface area contributed by atoms with Gasteiger partial charge in [0, 0.05) is 17.3 Å². The molecule has 4 nitrogen and oxygen atoms in total. The monoisotopic (exact) mass is 234 g/mol. The summed E-state index contributed by atoms with van der Waals surface area (Å²) >= 11 is 0. The van der Waals surface area contributed by atoms with Crippen LogP contribution in [-0.4, -0.2) is 22.1 Å². The standard InChI is InChI=1S/C12H11FN2O2/c1-7(12(16)17)15-10-5-6-14-11-8(10)3-2-4-9(11)13/h2-7H,1H3,(H,14,15)(H,16,17). The third-order valence-corrected chi connectivity index (χ3v) is 2.46. The lowest BCUT2D eigenvalue weighted by Crippen LogP contribution is -2.25. The zero-order valence-electron chi connectivity index (χ0n) is 9.14. The second-order valence-corrected chi connectivity index (χ2v) is 3.70. The summed E-state index contributed by atoms with van der Waals surface area (Å²) in [5.74, 6) is -1.39. The molecule has 2 aromatic rings. The van der Waals surface area contributed by atoms with Gasteiger partial charge in [-0.1, -0.05) is 12.1 Å². The molecule has 88 valence electrons. The van der Waals surface area contributed by atoms with Crippen LogP contribution in [0.15, 0.2) is 30.5 Å². The largest absolute Gasteiger partial charge is 0.480 e. The fourth-order valence-electron chi connectivity index (χ4n) is 1.56. The molecule has 17 heavy (non-hydrogen) atoms. The van der Waals surface area contributed by atoms with E-state index in [0.717, 1.165) is 0 Å². The van der Waals surface area contributed by atoms with E-state index in [9.17, 15) is 9.18 Å². The van der Waals surface area contributed by atoms with Crippen molar-refractivity contribution in [2.75, 3.05) is 5.32 Å². The molecule has 0 bridgehead atoms. The average molecular weight is 234 g/mol. The summed E-state index contributed by atoms with van der Waals surface area (Å²) in [5.41, 5.74) is 0.791. The normalized spacial score (nSPS) is 12.4. The Morgan fingerprint density at radius 3 is 2.94 bits per heavy atom. The van der Waals surface area contributed by atoms with Gasteiger partial charge < -0.3 is 10.4 Å². The molecule has 0 saturated heterocycles. The number of rotatable bonds is 3. The summed E-state index contributed by atoms with van der Waals surface area (Å²) in [6.07, 6.45) is 1.45. The van der Waals surface area contributed by atoms with E-state index in [4.69, 9.17) is 5.11 Å². The van der Waals surface area contributed by atoms with E-state index in [-0.39, 0.29) is 5.52 Å². The van der Waals surface area contributed by atoms with Crippen LogP contribution in [-0.2, 0) is 4.79 Å². The molecule has 1 aromatic carbocycles. The van der Waals surface area contributed by atoms with Crippen LogP contribution in [0, 0.1) is 5.82 Å². The van der Waals surface area contributed by atoms with Gasteiger partial charge in [0.1, 0.15) is 17.4 Å². The molecular weight excluding hydrogens is 223 g/mol. The predicted octanol–water partition coefficient (Wildman–Crippen LogP) is 2.26. The molecule has 1 aromatic heterocycles. The smallest absolute Gasteiger partial charge is 0.325 e. The number of aliphatic carboxylic acids is 1. The maximum Gasteiger partial charge on any atom is 0.325 e. The maximum atomic E-state index is 13.5.